The number of benzene rings is 2. The highest BCUT2D eigenvalue weighted by atomic mass is 32.2. The van der Waals surface area contributed by atoms with Gasteiger partial charge < -0.3 is 9.80 Å². The van der Waals surface area contributed by atoms with E-state index in [1.165, 1.54) is 5.69 Å². The maximum absolute atomic E-state index is 12.9. The maximum Gasteiger partial charge on any atom is 0.225 e. The number of sulfone groups is 1. The molecule has 1 saturated heterocycles. The summed E-state index contributed by atoms with van der Waals surface area (Å²) in [5.74, 6) is 0.705. The summed E-state index contributed by atoms with van der Waals surface area (Å²) in [7, 11) is -3.67. The predicted octanol–water partition coefficient (Wildman–Crippen LogP) is 3.25. The molecule has 2 heterocycles. The Morgan fingerprint density at radius 3 is 2.07 bits per heavy atom. The molecule has 1 aliphatic heterocycles. The van der Waals surface area contributed by atoms with E-state index in [1.807, 2.05) is 38.1 Å². The largest absolute Gasteiger partial charge is 0.368 e. The lowest BCUT2D eigenvalue weighted by atomic mass is 10.1. The smallest absolute Gasteiger partial charge is 0.225 e. The van der Waals surface area contributed by atoms with Crippen molar-refractivity contribution >= 4 is 21.3 Å². The normalized spacial score (nSPS) is 14.8. The molecule has 6 nitrogen and oxygen atoms in total. The second kappa shape index (κ2) is 7.83. The Bertz CT molecular complexity index is 1090. The zero-order valence-corrected chi connectivity index (χ0v) is 17.4. The molecule has 0 radical (unpaired) electrons. The van der Waals surface area contributed by atoms with E-state index in [1.54, 1.807) is 24.3 Å². The van der Waals surface area contributed by atoms with Gasteiger partial charge >= 0.3 is 0 Å². The predicted molar refractivity (Wildman–Crippen MR) is 114 cm³/mol. The number of hydrogen-bond donors (Lipinski definition) is 0. The van der Waals surface area contributed by atoms with E-state index in [9.17, 15) is 8.42 Å². The molecule has 4 rings (SSSR count). The number of rotatable bonds is 4. The topological polar surface area (TPSA) is 66.4 Å². The molecule has 1 aromatic heterocycles. The van der Waals surface area contributed by atoms with Crippen molar-refractivity contribution in [3.8, 4) is 0 Å². The third-order valence-corrected chi connectivity index (χ3v) is 7.06. The van der Waals surface area contributed by atoms with Crippen molar-refractivity contribution in [3.05, 3.63) is 71.8 Å². The fourth-order valence-corrected chi connectivity index (χ4v) is 4.68. The molecule has 0 bridgehead atoms. The van der Waals surface area contributed by atoms with Crippen LogP contribution in [0.3, 0.4) is 0 Å². The molecule has 7 heteroatoms. The van der Waals surface area contributed by atoms with Crippen LogP contribution in [0.5, 0.6) is 0 Å². The summed E-state index contributed by atoms with van der Waals surface area (Å²) >= 11 is 0. The van der Waals surface area contributed by atoms with Crippen molar-refractivity contribution in [3.63, 3.8) is 0 Å². The van der Waals surface area contributed by atoms with E-state index < -0.39 is 9.84 Å². The minimum atomic E-state index is -3.67. The number of hydrogen-bond acceptors (Lipinski definition) is 6. The molecule has 1 aliphatic rings. The van der Waals surface area contributed by atoms with Crippen molar-refractivity contribution in [1.29, 1.82) is 0 Å². The van der Waals surface area contributed by atoms with Crippen molar-refractivity contribution < 1.29 is 8.42 Å². The number of anilines is 2. The summed E-state index contributed by atoms with van der Waals surface area (Å²) < 4.78 is 25.7. The van der Waals surface area contributed by atoms with Gasteiger partial charge in [-0.15, -0.1) is 10.2 Å². The number of nitrogens with zero attached hydrogens (tertiary/aromatic N) is 4. The lowest BCUT2D eigenvalue weighted by molar-refractivity contribution is 0.589. The highest BCUT2D eigenvalue weighted by Crippen LogP contribution is 2.23. The van der Waals surface area contributed by atoms with Crippen LogP contribution in [-0.2, 0) is 9.84 Å². The second-order valence-electron chi connectivity index (χ2n) is 7.29. The first-order chi connectivity index (χ1) is 13.9. The Labute approximate surface area is 171 Å². The molecule has 0 unspecified atom stereocenters. The van der Waals surface area contributed by atoms with Crippen LogP contribution in [0.25, 0.3) is 0 Å². The average molecular weight is 409 g/mol. The van der Waals surface area contributed by atoms with Gasteiger partial charge in [-0.3, -0.25) is 0 Å². The number of para-hydroxylation sites is 1. The van der Waals surface area contributed by atoms with Gasteiger partial charge in [0.05, 0.1) is 4.90 Å². The quantitative estimate of drug-likeness (QED) is 0.660. The van der Waals surface area contributed by atoms with Gasteiger partial charge in [-0.05, 0) is 61.4 Å². The van der Waals surface area contributed by atoms with Crippen molar-refractivity contribution in [2.75, 3.05) is 36.0 Å². The molecule has 1 fully saturated rings. The van der Waals surface area contributed by atoms with Crippen LogP contribution in [0.2, 0.25) is 0 Å². The van der Waals surface area contributed by atoms with E-state index in [4.69, 9.17) is 0 Å². The van der Waals surface area contributed by atoms with Crippen LogP contribution >= 0.6 is 0 Å². The lowest BCUT2D eigenvalue weighted by Crippen LogP contribution is -2.46. The van der Waals surface area contributed by atoms with E-state index in [0.29, 0.717) is 5.82 Å². The second-order valence-corrected chi connectivity index (χ2v) is 9.19. The molecule has 3 aromatic rings. The third-order valence-electron chi connectivity index (χ3n) is 5.42. The van der Waals surface area contributed by atoms with Crippen LogP contribution in [0, 0.1) is 13.8 Å². The van der Waals surface area contributed by atoms with Crippen molar-refractivity contribution in [2.24, 2.45) is 0 Å². The van der Waals surface area contributed by atoms with E-state index in [-0.39, 0.29) is 9.92 Å². The Kier molecular flexibility index (Phi) is 5.24. The van der Waals surface area contributed by atoms with E-state index in [0.717, 1.165) is 37.3 Å². The first kappa shape index (κ1) is 19.4. The van der Waals surface area contributed by atoms with Gasteiger partial charge in [0.1, 0.15) is 0 Å². The van der Waals surface area contributed by atoms with Gasteiger partial charge in [0.25, 0.3) is 0 Å². The Morgan fingerprint density at radius 1 is 0.759 bits per heavy atom. The third kappa shape index (κ3) is 3.96. The molecular formula is C22H24N4O2S. The van der Waals surface area contributed by atoms with Gasteiger partial charge in [-0.1, -0.05) is 24.3 Å². The van der Waals surface area contributed by atoms with Gasteiger partial charge in [-0.25, -0.2) is 8.42 Å². The average Bonchev–Trinajstić information content (AvgIpc) is 2.76. The van der Waals surface area contributed by atoms with Crippen LogP contribution in [0.4, 0.5) is 11.5 Å². The molecule has 0 spiro atoms. The fraction of sp³-hybridized carbons (Fsp3) is 0.273. The molecule has 0 atom stereocenters. The molecular weight excluding hydrogens is 384 g/mol. The minimum Gasteiger partial charge on any atom is -0.368 e. The lowest BCUT2D eigenvalue weighted by Gasteiger charge is -2.36. The number of aromatic nitrogens is 2. The van der Waals surface area contributed by atoms with E-state index in [2.05, 4.69) is 32.1 Å². The van der Waals surface area contributed by atoms with Crippen molar-refractivity contribution in [1.82, 2.24) is 10.2 Å². The standard InChI is InChI=1S/C22H24N4O2S/c1-17-8-9-20(16-18(17)2)29(27,28)22-11-10-21(23-24-22)26-14-12-25(13-15-26)19-6-4-3-5-7-19/h3-11,16H,12-15H2,1-2H3. The summed E-state index contributed by atoms with van der Waals surface area (Å²) in [5, 5.41) is 8.23. The molecule has 0 saturated carbocycles. The molecule has 29 heavy (non-hydrogen) atoms. The number of aryl methyl sites for hydroxylation is 2. The maximum atomic E-state index is 12.9. The van der Waals surface area contributed by atoms with E-state index >= 15 is 0 Å². The first-order valence-corrected chi connectivity index (χ1v) is 11.1. The molecule has 0 amide bonds. The highest BCUT2D eigenvalue weighted by Gasteiger charge is 2.22. The van der Waals surface area contributed by atoms with Gasteiger partial charge in [0, 0.05) is 31.9 Å². The zero-order chi connectivity index (χ0) is 20.4. The summed E-state index contributed by atoms with van der Waals surface area (Å²) in [5.41, 5.74) is 3.21. The Balaban J connectivity index is 1.47. The Morgan fingerprint density at radius 2 is 1.45 bits per heavy atom. The summed E-state index contributed by atoms with van der Waals surface area (Å²) in [6.07, 6.45) is 0. The van der Waals surface area contributed by atoms with Gasteiger partial charge in [0.2, 0.25) is 9.84 Å². The van der Waals surface area contributed by atoms with Crippen LogP contribution in [0.1, 0.15) is 11.1 Å². The van der Waals surface area contributed by atoms with Gasteiger partial charge in [0.15, 0.2) is 10.8 Å². The molecule has 0 N–H and O–H groups in total. The van der Waals surface area contributed by atoms with Crippen molar-refractivity contribution in [2.45, 2.75) is 23.8 Å². The SMILES string of the molecule is Cc1ccc(S(=O)(=O)c2ccc(N3CCN(c4ccccc4)CC3)nn2)cc1C. The van der Waals surface area contributed by atoms with Crippen LogP contribution in [0.15, 0.2) is 70.6 Å². The monoisotopic (exact) mass is 408 g/mol. The first-order valence-electron chi connectivity index (χ1n) is 9.66. The minimum absolute atomic E-state index is 0.0209. The van der Waals surface area contributed by atoms with Gasteiger partial charge in [-0.2, -0.15) is 0 Å². The summed E-state index contributed by atoms with van der Waals surface area (Å²) in [4.78, 5) is 4.72. The zero-order valence-electron chi connectivity index (χ0n) is 16.6. The molecule has 0 aliphatic carbocycles. The van der Waals surface area contributed by atoms with Crippen LogP contribution in [-0.4, -0.2) is 44.8 Å². The fourth-order valence-electron chi connectivity index (χ4n) is 3.46. The molecule has 150 valence electrons. The number of piperazine rings is 1. The summed E-state index contributed by atoms with van der Waals surface area (Å²) in [6, 6.07) is 18.8. The van der Waals surface area contributed by atoms with Crippen LogP contribution < -0.4 is 9.80 Å². The summed E-state index contributed by atoms with van der Waals surface area (Å²) in [6.45, 7) is 7.25. The highest BCUT2D eigenvalue weighted by molar-refractivity contribution is 7.91. The Hall–Kier alpha value is -2.93. The molecule has 2 aromatic carbocycles.